The van der Waals surface area contributed by atoms with Crippen LogP contribution in [-0.2, 0) is 19.2 Å². The third-order valence-corrected chi connectivity index (χ3v) is 7.16. The molecule has 2 unspecified atom stereocenters. The normalized spacial score (nSPS) is 25.6. The van der Waals surface area contributed by atoms with E-state index in [4.69, 9.17) is 0 Å². The van der Waals surface area contributed by atoms with Crippen LogP contribution in [0.25, 0.3) is 0 Å². The summed E-state index contributed by atoms with van der Waals surface area (Å²) >= 11 is 0. The van der Waals surface area contributed by atoms with Gasteiger partial charge in [0, 0.05) is 44.1 Å². The predicted octanol–water partition coefficient (Wildman–Crippen LogP) is 2.11. The fourth-order valence-electron chi connectivity index (χ4n) is 5.04. The van der Waals surface area contributed by atoms with Crippen LogP contribution in [0.5, 0.6) is 0 Å². The third-order valence-electron chi connectivity index (χ3n) is 7.16. The molecule has 0 aliphatic carbocycles. The molecular weight excluding hydrogens is 446 g/mol. The Morgan fingerprint density at radius 1 is 1.09 bits per heavy atom. The fraction of sp³-hybridized carbons (Fsp3) is 0.583. The highest BCUT2D eigenvalue weighted by molar-refractivity contribution is 6.01. The number of anilines is 1. The first kappa shape index (κ1) is 24.1. The van der Waals surface area contributed by atoms with Gasteiger partial charge in [-0.1, -0.05) is 12.1 Å². The maximum atomic E-state index is 14.3. The zero-order valence-corrected chi connectivity index (χ0v) is 19.0. The molecule has 34 heavy (non-hydrogen) atoms. The van der Waals surface area contributed by atoms with Crippen molar-refractivity contribution in [3.63, 3.8) is 0 Å². The molecule has 1 aromatic carbocycles. The Balaban J connectivity index is 1.26. The van der Waals surface area contributed by atoms with Crippen molar-refractivity contribution in [3.05, 3.63) is 29.8 Å². The molecule has 0 aromatic heterocycles. The average molecular weight is 477 g/mol. The van der Waals surface area contributed by atoms with Crippen LogP contribution in [-0.4, -0.2) is 72.1 Å². The van der Waals surface area contributed by atoms with Crippen LogP contribution in [0.4, 0.5) is 14.5 Å². The number of likely N-dealkylation sites (tertiary alicyclic amines) is 2. The number of carbonyl (C=O) groups is 4. The first-order chi connectivity index (χ1) is 16.2. The molecule has 2 N–H and O–H groups in total. The lowest BCUT2D eigenvalue weighted by molar-refractivity contribution is -0.149. The van der Waals surface area contributed by atoms with Crippen molar-refractivity contribution in [2.45, 2.75) is 56.4 Å². The molecule has 2 atom stereocenters. The van der Waals surface area contributed by atoms with Gasteiger partial charge in [-0.2, -0.15) is 0 Å². The van der Waals surface area contributed by atoms with E-state index in [0.717, 1.165) is 29.0 Å². The van der Waals surface area contributed by atoms with Crippen LogP contribution in [0.3, 0.4) is 0 Å². The molecule has 4 rings (SSSR count). The standard InChI is InChI=1S/C24H30F2N4O4/c25-24(26)14-29(15-31)10-9-18(24)13-22(33)30-11-7-17(8-12-30)16-1-3-19(4-2-16)27-20-5-6-21(32)28-23(20)34/h1-4,15,17-18,20,27H,5-14H2,(H,28,32,34). The number of nitrogens with one attached hydrogen (secondary N) is 2. The summed E-state index contributed by atoms with van der Waals surface area (Å²) in [4.78, 5) is 49.4. The largest absolute Gasteiger partial charge is 0.374 e. The molecule has 0 bridgehead atoms. The Hall–Kier alpha value is -3.04. The van der Waals surface area contributed by atoms with Gasteiger partial charge in [0.1, 0.15) is 6.04 Å². The molecule has 3 saturated heterocycles. The molecule has 3 heterocycles. The van der Waals surface area contributed by atoms with Gasteiger partial charge in [-0.05, 0) is 49.3 Å². The van der Waals surface area contributed by atoms with Crippen LogP contribution in [0.15, 0.2) is 24.3 Å². The van der Waals surface area contributed by atoms with Gasteiger partial charge in [0.15, 0.2) is 0 Å². The molecule has 0 spiro atoms. The predicted molar refractivity (Wildman–Crippen MR) is 120 cm³/mol. The minimum Gasteiger partial charge on any atom is -0.374 e. The maximum absolute atomic E-state index is 14.3. The summed E-state index contributed by atoms with van der Waals surface area (Å²) in [5, 5.41) is 5.48. The lowest BCUT2D eigenvalue weighted by Crippen LogP contribution is -2.50. The quantitative estimate of drug-likeness (QED) is 0.484. The van der Waals surface area contributed by atoms with Gasteiger partial charge in [-0.25, -0.2) is 8.78 Å². The number of amides is 4. The van der Waals surface area contributed by atoms with Gasteiger partial charge in [0.25, 0.3) is 5.92 Å². The average Bonchev–Trinajstić information content (AvgIpc) is 2.82. The highest BCUT2D eigenvalue weighted by Gasteiger charge is 2.45. The van der Waals surface area contributed by atoms with Crippen LogP contribution in [0, 0.1) is 5.92 Å². The van der Waals surface area contributed by atoms with Crippen LogP contribution in [0.2, 0.25) is 0 Å². The number of halogens is 2. The second kappa shape index (κ2) is 10.1. The van der Waals surface area contributed by atoms with Crippen LogP contribution in [0.1, 0.15) is 50.0 Å². The number of hydrogen-bond donors (Lipinski definition) is 2. The van der Waals surface area contributed by atoms with E-state index < -0.39 is 24.4 Å². The van der Waals surface area contributed by atoms with E-state index >= 15 is 0 Å². The fourth-order valence-corrected chi connectivity index (χ4v) is 5.04. The molecule has 0 saturated carbocycles. The molecule has 8 nitrogen and oxygen atoms in total. The Morgan fingerprint density at radius 2 is 1.79 bits per heavy atom. The second-order valence-corrected chi connectivity index (χ2v) is 9.45. The van der Waals surface area contributed by atoms with Crippen molar-refractivity contribution in [1.29, 1.82) is 0 Å². The number of nitrogens with zero attached hydrogens (tertiary/aromatic N) is 2. The summed E-state index contributed by atoms with van der Waals surface area (Å²) in [6.07, 6.45) is 2.67. The first-order valence-electron chi connectivity index (χ1n) is 11.8. The summed E-state index contributed by atoms with van der Waals surface area (Å²) < 4.78 is 28.6. The van der Waals surface area contributed by atoms with Gasteiger partial charge in [0.2, 0.25) is 24.1 Å². The summed E-state index contributed by atoms with van der Waals surface area (Å²) in [5.41, 5.74) is 1.93. The minimum atomic E-state index is -3.04. The smallest absolute Gasteiger partial charge is 0.268 e. The van der Waals surface area contributed by atoms with Crippen molar-refractivity contribution in [1.82, 2.24) is 15.1 Å². The van der Waals surface area contributed by atoms with E-state index in [9.17, 15) is 28.0 Å². The lowest BCUT2D eigenvalue weighted by atomic mass is 9.87. The molecule has 0 radical (unpaired) electrons. The van der Waals surface area contributed by atoms with E-state index in [0.29, 0.717) is 32.3 Å². The summed E-state index contributed by atoms with van der Waals surface area (Å²) in [5.74, 6) is -4.61. The Kier molecular flexibility index (Phi) is 7.13. The van der Waals surface area contributed by atoms with Gasteiger partial charge in [-0.15, -0.1) is 0 Å². The third kappa shape index (κ3) is 5.53. The molecule has 1 aromatic rings. The van der Waals surface area contributed by atoms with E-state index in [2.05, 4.69) is 10.6 Å². The van der Waals surface area contributed by atoms with Gasteiger partial charge >= 0.3 is 0 Å². The summed E-state index contributed by atoms with van der Waals surface area (Å²) in [7, 11) is 0. The Bertz CT molecular complexity index is 931. The lowest BCUT2D eigenvalue weighted by Gasteiger charge is -2.38. The molecule has 4 amide bonds. The zero-order valence-electron chi connectivity index (χ0n) is 19.0. The monoisotopic (exact) mass is 476 g/mol. The maximum Gasteiger partial charge on any atom is 0.268 e. The highest BCUT2D eigenvalue weighted by atomic mass is 19.3. The first-order valence-corrected chi connectivity index (χ1v) is 11.8. The number of imide groups is 1. The van der Waals surface area contributed by atoms with Gasteiger partial charge in [0.05, 0.1) is 6.54 Å². The Labute approximate surface area is 197 Å². The van der Waals surface area contributed by atoms with Crippen molar-refractivity contribution in [2.24, 2.45) is 5.92 Å². The molecular formula is C24H30F2N4O4. The van der Waals surface area contributed by atoms with Gasteiger partial charge in [-0.3, -0.25) is 24.5 Å². The van der Waals surface area contributed by atoms with Crippen LogP contribution >= 0.6 is 0 Å². The highest BCUT2D eigenvalue weighted by Crippen LogP contribution is 2.36. The molecule has 10 heteroatoms. The van der Waals surface area contributed by atoms with Crippen molar-refractivity contribution in [3.8, 4) is 0 Å². The molecule has 3 aliphatic rings. The topological polar surface area (TPSA) is 98.8 Å². The minimum absolute atomic E-state index is 0.132. The zero-order chi connectivity index (χ0) is 24.3. The summed E-state index contributed by atoms with van der Waals surface area (Å²) in [6.45, 7) is 0.690. The molecule has 3 aliphatic heterocycles. The number of benzene rings is 1. The number of carbonyl (C=O) groups excluding carboxylic acids is 4. The van der Waals surface area contributed by atoms with Crippen molar-refractivity contribution in [2.75, 3.05) is 31.5 Å². The van der Waals surface area contributed by atoms with Crippen molar-refractivity contribution >= 4 is 29.8 Å². The number of hydrogen-bond acceptors (Lipinski definition) is 5. The second-order valence-electron chi connectivity index (χ2n) is 9.45. The van der Waals surface area contributed by atoms with Gasteiger partial charge < -0.3 is 15.1 Å². The van der Waals surface area contributed by atoms with E-state index in [-0.39, 0.29) is 43.0 Å². The molecule has 184 valence electrons. The number of rotatable bonds is 6. The van der Waals surface area contributed by atoms with Crippen LogP contribution < -0.4 is 10.6 Å². The number of piperidine rings is 3. The van der Waals surface area contributed by atoms with E-state index in [1.54, 1.807) is 4.90 Å². The summed E-state index contributed by atoms with van der Waals surface area (Å²) in [6, 6.07) is 7.38. The van der Waals surface area contributed by atoms with E-state index in [1.807, 2.05) is 24.3 Å². The molecule has 3 fully saturated rings. The number of alkyl halides is 2. The Morgan fingerprint density at radius 3 is 2.41 bits per heavy atom. The van der Waals surface area contributed by atoms with Crippen molar-refractivity contribution < 1.29 is 28.0 Å². The SMILES string of the molecule is O=CN1CCC(CC(=O)N2CCC(c3ccc(NC4CCC(=O)NC4=O)cc3)CC2)C(F)(F)C1. The van der Waals surface area contributed by atoms with E-state index in [1.165, 1.54) is 0 Å².